The summed E-state index contributed by atoms with van der Waals surface area (Å²) >= 11 is 0. The van der Waals surface area contributed by atoms with Crippen molar-refractivity contribution in [2.24, 2.45) is 5.73 Å². The average Bonchev–Trinajstić information content (AvgIpc) is 2.74. The lowest BCUT2D eigenvalue weighted by Crippen LogP contribution is -2.59. The van der Waals surface area contributed by atoms with E-state index < -0.39 is 17.5 Å². The highest BCUT2D eigenvalue weighted by atomic mass is 28.4. The van der Waals surface area contributed by atoms with Crippen LogP contribution in [0.25, 0.3) is 0 Å². The molecule has 0 radical (unpaired) electrons. The molecule has 9 heteroatoms. The molecular formula is C19H46N2O5Si2. The average molecular weight is 439 g/mol. The van der Waals surface area contributed by atoms with Gasteiger partial charge in [0.05, 0.1) is 0 Å². The van der Waals surface area contributed by atoms with Crippen molar-refractivity contribution >= 4 is 17.5 Å². The van der Waals surface area contributed by atoms with Crippen molar-refractivity contribution in [1.82, 2.24) is 4.57 Å². The fraction of sp³-hybridized carbons (Fsp3) is 1.00. The molecule has 0 bridgehead atoms. The summed E-state index contributed by atoms with van der Waals surface area (Å²) in [6.45, 7) is 7.72. The van der Waals surface area contributed by atoms with E-state index in [4.69, 9.17) is 27.9 Å². The van der Waals surface area contributed by atoms with Gasteiger partial charge in [0.2, 0.25) is 0 Å². The molecule has 0 amide bonds. The highest BCUT2D eigenvalue weighted by molar-refractivity contribution is 6.64. The number of nitrogens with zero attached hydrogens (tertiary/aromatic N) is 1. The topological polar surface area (TPSA) is 75.4 Å². The van der Waals surface area contributed by atoms with Crippen molar-refractivity contribution in [3.8, 4) is 0 Å². The van der Waals surface area contributed by atoms with E-state index in [1.807, 2.05) is 0 Å². The second kappa shape index (κ2) is 16.9. The normalized spacial score (nSPS) is 14.6. The van der Waals surface area contributed by atoms with Gasteiger partial charge >= 0.3 is 17.5 Å². The molecule has 2 N–H and O–H groups in total. The highest BCUT2D eigenvalue weighted by Crippen LogP contribution is 2.24. The summed E-state index contributed by atoms with van der Waals surface area (Å²) in [4.78, 5) is 0. The minimum absolute atomic E-state index is 0.658. The fourth-order valence-electron chi connectivity index (χ4n) is 3.36. The molecule has 0 aromatic heterocycles. The van der Waals surface area contributed by atoms with Crippen LogP contribution in [0.4, 0.5) is 0 Å². The van der Waals surface area contributed by atoms with Crippen LogP contribution in [0.2, 0.25) is 12.1 Å². The van der Waals surface area contributed by atoms with Crippen molar-refractivity contribution in [2.75, 3.05) is 54.7 Å². The third kappa shape index (κ3) is 9.77. The number of nitrogens with two attached hydrogens (primary N) is 1. The van der Waals surface area contributed by atoms with Gasteiger partial charge in [0.1, 0.15) is 0 Å². The standard InChI is InChI=1S/C19H46N2O5Si2/c1-7-9-11-17-26-27(22-3,18-12-14-20)21(15-10-8-2)16-13-19-28(23-4,24-5)25-6/h7-20H2,1-6H3. The zero-order valence-corrected chi connectivity index (χ0v) is 21.3. The number of rotatable bonds is 20. The third-order valence-corrected chi connectivity index (χ3v) is 11.7. The van der Waals surface area contributed by atoms with Gasteiger partial charge in [0.25, 0.3) is 0 Å². The highest BCUT2D eigenvalue weighted by Gasteiger charge is 2.44. The van der Waals surface area contributed by atoms with Gasteiger partial charge < -0.3 is 27.9 Å². The van der Waals surface area contributed by atoms with E-state index in [-0.39, 0.29) is 0 Å². The molecular weight excluding hydrogens is 392 g/mol. The molecule has 0 aliphatic carbocycles. The number of hydrogen-bond acceptors (Lipinski definition) is 7. The summed E-state index contributed by atoms with van der Waals surface area (Å²) < 4.78 is 31.9. The van der Waals surface area contributed by atoms with Crippen LogP contribution in [0.3, 0.4) is 0 Å². The largest absolute Gasteiger partial charge is 0.500 e. The first-order valence-corrected chi connectivity index (χ1v) is 14.7. The van der Waals surface area contributed by atoms with Crippen LogP contribution in [-0.2, 0) is 22.1 Å². The molecule has 0 fully saturated rings. The van der Waals surface area contributed by atoms with Gasteiger partial charge in [-0.2, -0.15) is 0 Å². The monoisotopic (exact) mass is 438 g/mol. The first-order chi connectivity index (χ1) is 13.5. The molecule has 0 saturated carbocycles. The lowest BCUT2D eigenvalue weighted by atomic mass is 10.3. The summed E-state index contributed by atoms with van der Waals surface area (Å²) in [7, 11) is 1.76. The minimum atomic E-state index is -2.56. The van der Waals surface area contributed by atoms with Gasteiger partial charge in [-0.3, -0.25) is 4.57 Å². The van der Waals surface area contributed by atoms with Crippen LogP contribution in [0, 0.1) is 0 Å². The van der Waals surface area contributed by atoms with Crippen LogP contribution in [0.15, 0.2) is 0 Å². The van der Waals surface area contributed by atoms with Gasteiger partial charge in [-0.15, -0.1) is 0 Å². The summed E-state index contributed by atoms with van der Waals surface area (Å²) in [5, 5.41) is 0. The van der Waals surface area contributed by atoms with Crippen LogP contribution < -0.4 is 5.73 Å². The molecule has 1 unspecified atom stereocenters. The molecule has 0 spiro atoms. The number of unbranched alkanes of at least 4 members (excludes halogenated alkanes) is 3. The minimum Gasteiger partial charge on any atom is -0.386 e. The lowest BCUT2D eigenvalue weighted by molar-refractivity contribution is 0.115. The van der Waals surface area contributed by atoms with Crippen molar-refractivity contribution in [1.29, 1.82) is 0 Å². The molecule has 1 atom stereocenters. The van der Waals surface area contributed by atoms with E-state index in [0.717, 1.165) is 63.9 Å². The maximum atomic E-state index is 6.51. The Labute approximate surface area is 175 Å². The molecule has 0 saturated heterocycles. The van der Waals surface area contributed by atoms with E-state index in [1.54, 1.807) is 28.4 Å². The van der Waals surface area contributed by atoms with Crippen LogP contribution in [-0.4, -0.2) is 76.8 Å². The Morgan fingerprint density at radius 2 is 1.32 bits per heavy atom. The molecule has 0 aliphatic rings. The number of hydrogen-bond donors (Lipinski definition) is 1. The Morgan fingerprint density at radius 3 is 1.82 bits per heavy atom. The Hall–Kier alpha value is 0.154. The van der Waals surface area contributed by atoms with Gasteiger partial charge in [-0.1, -0.05) is 33.1 Å². The van der Waals surface area contributed by atoms with Gasteiger partial charge in [0, 0.05) is 47.1 Å². The van der Waals surface area contributed by atoms with Gasteiger partial charge in [-0.05, 0) is 45.3 Å². The van der Waals surface area contributed by atoms with Crippen molar-refractivity contribution < 1.29 is 22.1 Å². The predicted octanol–water partition coefficient (Wildman–Crippen LogP) is 3.50. The molecule has 0 rings (SSSR count). The molecule has 0 aliphatic heterocycles. The van der Waals surface area contributed by atoms with Crippen LogP contribution >= 0.6 is 0 Å². The Kier molecular flexibility index (Phi) is 17.0. The third-order valence-electron chi connectivity index (χ3n) is 5.20. The molecule has 28 heavy (non-hydrogen) atoms. The predicted molar refractivity (Wildman–Crippen MR) is 119 cm³/mol. The van der Waals surface area contributed by atoms with E-state index in [9.17, 15) is 0 Å². The summed E-state index contributed by atoms with van der Waals surface area (Å²) in [6, 6.07) is 1.68. The smallest absolute Gasteiger partial charge is 0.386 e. The molecule has 7 nitrogen and oxygen atoms in total. The van der Waals surface area contributed by atoms with E-state index in [2.05, 4.69) is 18.4 Å². The molecule has 0 aromatic carbocycles. The van der Waals surface area contributed by atoms with Gasteiger partial charge in [0.15, 0.2) is 0 Å². The van der Waals surface area contributed by atoms with Crippen LogP contribution in [0.5, 0.6) is 0 Å². The second-order valence-electron chi connectivity index (χ2n) is 7.10. The zero-order valence-electron chi connectivity index (χ0n) is 19.3. The first kappa shape index (κ1) is 28.2. The quantitative estimate of drug-likeness (QED) is 0.230. The van der Waals surface area contributed by atoms with Crippen LogP contribution in [0.1, 0.15) is 58.8 Å². The second-order valence-corrected chi connectivity index (χ2v) is 13.4. The first-order valence-electron chi connectivity index (χ1n) is 10.8. The van der Waals surface area contributed by atoms with Crippen molar-refractivity contribution in [2.45, 2.75) is 70.9 Å². The van der Waals surface area contributed by atoms with Crippen molar-refractivity contribution in [3.63, 3.8) is 0 Å². The van der Waals surface area contributed by atoms with E-state index in [1.165, 1.54) is 12.8 Å². The summed E-state index contributed by atoms with van der Waals surface area (Å²) in [6.07, 6.45) is 7.55. The SMILES string of the molecule is CCCCCO[Si](CCCN)(OC)N(CCCC)CCC[Si](OC)(OC)OC. The maximum absolute atomic E-state index is 6.51. The van der Waals surface area contributed by atoms with Gasteiger partial charge in [-0.25, -0.2) is 0 Å². The lowest BCUT2D eigenvalue weighted by Gasteiger charge is -2.39. The van der Waals surface area contributed by atoms with E-state index in [0.29, 0.717) is 6.54 Å². The maximum Gasteiger partial charge on any atom is 0.500 e. The molecule has 0 heterocycles. The molecule has 170 valence electrons. The summed E-state index contributed by atoms with van der Waals surface area (Å²) in [5.41, 5.74) is 5.83. The molecule has 0 aromatic rings. The zero-order chi connectivity index (χ0) is 21.3. The Balaban J connectivity index is 5.21. The fourth-order valence-corrected chi connectivity index (χ4v) is 8.40. The Bertz CT molecular complexity index is 357. The Morgan fingerprint density at radius 1 is 0.714 bits per heavy atom. The summed E-state index contributed by atoms with van der Waals surface area (Å²) in [5.74, 6) is 0. The van der Waals surface area contributed by atoms with E-state index >= 15 is 0 Å². The van der Waals surface area contributed by atoms with Crippen molar-refractivity contribution in [3.05, 3.63) is 0 Å².